The fraction of sp³-hybridized carbons (Fsp3) is 0.321. The van der Waals surface area contributed by atoms with Crippen LogP contribution in [0.1, 0.15) is 41.3 Å². The summed E-state index contributed by atoms with van der Waals surface area (Å²) >= 11 is 0. The van der Waals surface area contributed by atoms with Crippen LogP contribution in [0.5, 0.6) is 5.75 Å². The summed E-state index contributed by atoms with van der Waals surface area (Å²) in [5.41, 5.74) is 6.05. The van der Waals surface area contributed by atoms with Gasteiger partial charge < -0.3 is 14.4 Å². The Labute approximate surface area is 210 Å². The fourth-order valence-corrected chi connectivity index (χ4v) is 4.73. The number of ether oxygens (including phenoxy) is 2. The number of aromatic nitrogens is 4. The third-order valence-electron chi connectivity index (χ3n) is 6.50. The van der Waals surface area contributed by atoms with E-state index in [4.69, 9.17) is 19.4 Å². The second kappa shape index (κ2) is 10.3. The molecule has 4 aromatic rings. The number of benzene rings is 2. The predicted molar refractivity (Wildman–Crippen MR) is 137 cm³/mol. The summed E-state index contributed by atoms with van der Waals surface area (Å²) in [5, 5.41) is 8.75. The molecule has 3 heterocycles. The predicted octanol–water partition coefficient (Wildman–Crippen LogP) is 5.23. The molecule has 8 nitrogen and oxygen atoms in total. The number of carbonyl (C=O) groups excluding carboxylic acids is 1. The number of piperidine rings is 1. The van der Waals surface area contributed by atoms with E-state index < -0.39 is 0 Å². The molecule has 36 heavy (non-hydrogen) atoms. The smallest absolute Gasteiger partial charge is 0.410 e. The Kier molecular flexibility index (Phi) is 6.75. The molecular weight excluding hydrogens is 454 g/mol. The van der Waals surface area contributed by atoms with Crippen molar-refractivity contribution in [1.29, 1.82) is 0 Å². The number of pyridine rings is 1. The Morgan fingerprint density at radius 1 is 1.06 bits per heavy atom. The summed E-state index contributed by atoms with van der Waals surface area (Å²) in [6.07, 6.45) is 1.40. The normalized spacial score (nSPS) is 15.6. The van der Waals surface area contributed by atoms with Crippen LogP contribution in [0.2, 0.25) is 0 Å². The maximum atomic E-state index is 12.7. The molecule has 0 N–H and O–H groups in total. The van der Waals surface area contributed by atoms with Crippen molar-refractivity contribution >= 4 is 17.3 Å². The number of hydrogen-bond donors (Lipinski definition) is 0. The molecule has 8 heteroatoms. The number of hydrogen-bond acceptors (Lipinski definition) is 7. The molecule has 1 unspecified atom stereocenters. The van der Waals surface area contributed by atoms with Gasteiger partial charge in [-0.3, -0.25) is 0 Å². The van der Waals surface area contributed by atoms with Crippen molar-refractivity contribution in [2.75, 3.05) is 20.2 Å². The van der Waals surface area contributed by atoms with Gasteiger partial charge in [-0.2, -0.15) is 0 Å². The van der Waals surface area contributed by atoms with Crippen molar-refractivity contribution in [2.45, 2.75) is 39.2 Å². The highest BCUT2D eigenvalue weighted by Gasteiger charge is 2.28. The van der Waals surface area contributed by atoms with E-state index >= 15 is 0 Å². The highest BCUT2D eigenvalue weighted by atomic mass is 16.6. The number of methoxy groups -OCH3 is 1. The van der Waals surface area contributed by atoms with Gasteiger partial charge in [-0.15, -0.1) is 10.2 Å². The fourth-order valence-electron chi connectivity index (χ4n) is 4.73. The quantitative estimate of drug-likeness (QED) is 0.384. The summed E-state index contributed by atoms with van der Waals surface area (Å²) in [5.74, 6) is 1.35. The van der Waals surface area contributed by atoms with Crippen molar-refractivity contribution in [1.82, 2.24) is 25.1 Å². The van der Waals surface area contributed by atoms with Crippen LogP contribution in [0.3, 0.4) is 0 Å². The van der Waals surface area contributed by atoms with Gasteiger partial charge in [0.1, 0.15) is 17.9 Å². The first kappa shape index (κ1) is 23.7. The van der Waals surface area contributed by atoms with Crippen LogP contribution in [0.25, 0.3) is 22.4 Å². The van der Waals surface area contributed by atoms with E-state index in [-0.39, 0.29) is 18.6 Å². The Morgan fingerprint density at radius 3 is 2.69 bits per heavy atom. The standard InChI is InChI=1S/C28H29N5O3/c1-18-14-19(2)25(24(15-18)35-3)22-11-12-23-27(29-22)30-26(32-31-23)21-10-7-13-33(16-21)28(34)36-17-20-8-5-4-6-9-20/h4-6,8-9,11-12,14-15,21H,7,10,13,16-17H2,1-3H3. The molecular formula is C28H29N5O3. The lowest BCUT2D eigenvalue weighted by molar-refractivity contribution is 0.0853. The molecule has 1 amide bonds. The van der Waals surface area contributed by atoms with E-state index in [9.17, 15) is 4.79 Å². The minimum absolute atomic E-state index is 0.0268. The number of aryl methyl sites for hydroxylation is 2. The molecule has 0 bridgehead atoms. The second-order valence-corrected chi connectivity index (χ2v) is 9.19. The van der Waals surface area contributed by atoms with Gasteiger partial charge in [-0.1, -0.05) is 36.4 Å². The van der Waals surface area contributed by atoms with Crippen molar-refractivity contribution in [3.8, 4) is 17.0 Å². The lowest BCUT2D eigenvalue weighted by Crippen LogP contribution is -2.39. The largest absolute Gasteiger partial charge is 0.496 e. The second-order valence-electron chi connectivity index (χ2n) is 9.19. The lowest BCUT2D eigenvalue weighted by atomic mass is 9.97. The van der Waals surface area contributed by atoms with E-state index in [2.05, 4.69) is 16.3 Å². The van der Waals surface area contributed by atoms with Crippen LogP contribution in [0.4, 0.5) is 4.79 Å². The van der Waals surface area contributed by atoms with Gasteiger partial charge in [-0.25, -0.2) is 14.8 Å². The molecule has 0 saturated carbocycles. The van der Waals surface area contributed by atoms with E-state index in [0.29, 0.717) is 30.1 Å². The average molecular weight is 484 g/mol. The SMILES string of the molecule is COc1cc(C)cc(C)c1-c1ccc2nnc(C3CCCN(C(=O)OCc4ccccc4)C3)nc2n1. The van der Waals surface area contributed by atoms with Gasteiger partial charge in [0.2, 0.25) is 0 Å². The molecule has 1 fully saturated rings. The van der Waals surface area contributed by atoms with Crippen LogP contribution in [-0.4, -0.2) is 51.4 Å². The first-order valence-corrected chi connectivity index (χ1v) is 12.1. The summed E-state index contributed by atoms with van der Waals surface area (Å²) in [7, 11) is 1.67. The minimum Gasteiger partial charge on any atom is -0.496 e. The number of nitrogens with zero attached hydrogens (tertiary/aromatic N) is 5. The third-order valence-corrected chi connectivity index (χ3v) is 6.50. The van der Waals surface area contributed by atoms with Gasteiger partial charge in [-0.05, 0) is 61.6 Å². The Hall–Kier alpha value is -4.07. The first-order chi connectivity index (χ1) is 17.5. The average Bonchev–Trinajstić information content (AvgIpc) is 2.91. The first-order valence-electron chi connectivity index (χ1n) is 12.1. The number of fused-ring (bicyclic) bond motifs is 1. The zero-order valence-corrected chi connectivity index (χ0v) is 20.8. The van der Waals surface area contributed by atoms with Crippen molar-refractivity contribution in [3.05, 3.63) is 77.1 Å². The Bertz CT molecular complexity index is 1390. The maximum absolute atomic E-state index is 12.7. The highest BCUT2D eigenvalue weighted by Crippen LogP contribution is 2.34. The van der Waals surface area contributed by atoms with Crippen LogP contribution >= 0.6 is 0 Å². The molecule has 0 spiro atoms. The molecule has 1 aliphatic heterocycles. The summed E-state index contributed by atoms with van der Waals surface area (Å²) in [4.78, 5) is 24.0. The zero-order valence-electron chi connectivity index (χ0n) is 20.8. The third kappa shape index (κ3) is 4.98. The summed E-state index contributed by atoms with van der Waals surface area (Å²) in [6.45, 7) is 5.49. The molecule has 1 atom stereocenters. The van der Waals surface area contributed by atoms with Crippen LogP contribution < -0.4 is 4.74 Å². The Balaban J connectivity index is 1.36. The minimum atomic E-state index is -0.320. The summed E-state index contributed by atoms with van der Waals surface area (Å²) in [6, 6.07) is 17.6. The molecule has 2 aromatic heterocycles. The monoisotopic (exact) mass is 483 g/mol. The molecule has 0 aliphatic carbocycles. The van der Waals surface area contributed by atoms with Gasteiger partial charge in [0, 0.05) is 24.6 Å². The van der Waals surface area contributed by atoms with Gasteiger partial charge in [0.25, 0.3) is 0 Å². The number of carbonyl (C=O) groups is 1. The van der Waals surface area contributed by atoms with Gasteiger partial charge >= 0.3 is 6.09 Å². The van der Waals surface area contributed by atoms with E-state index in [1.165, 1.54) is 0 Å². The molecule has 5 rings (SSSR count). The number of likely N-dealkylation sites (tertiary alicyclic amines) is 1. The zero-order chi connectivity index (χ0) is 25.1. The van der Waals surface area contributed by atoms with Crippen LogP contribution in [0, 0.1) is 13.8 Å². The van der Waals surface area contributed by atoms with Crippen LogP contribution in [0.15, 0.2) is 54.6 Å². The summed E-state index contributed by atoms with van der Waals surface area (Å²) < 4.78 is 11.2. The molecule has 2 aromatic carbocycles. The topological polar surface area (TPSA) is 90.3 Å². The van der Waals surface area contributed by atoms with Crippen molar-refractivity contribution in [3.63, 3.8) is 0 Å². The van der Waals surface area contributed by atoms with Gasteiger partial charge in [0.15, 0.2) is 11.5 Å². The Morgan fingerprint density at radius 2 is 1.89 bits per heavy atom. The van der Waals surface area contributed by atoms with E-state index in [1.54, 1.807) is 12.0 Å². The van der Waals surface area contributed by atoms with Crippen molar-refractivity contribution < 1.29 is 14.3 Å². The van der Waals surface area contributed by atoms with Crippen molar-refractivity contribution in [2.24, 2.45) is 0 Å². The molecule has 184 valence electrons. The van der Waals surface area contributed by atoms with E-state index in [1.807, 2.05) is 62.4 Å². The highest BCUT2D eigenvalue weighted by molar-refractivity contribution is 5.78. The van der Waals surface area contributed by atoms with E-state index in [0.717, 1.165) is 46.5 Å². The van der Waals surface area contributed by atoms with Gasteiger partial charge in [0.05, 0.1) is 12.8 Å². The number of amides is 1. The maximum Gasteiger partial charge on any atom is 0.410 e. The number of rotatable bonds is 5. The lowest BCUT2D eigenvalue weighted by Gasteiger charge is -2.31. The molecule has 0 radical (unpaired) electrons. The molecule has 1 aliphatic rings. The van der Waals surface area contributed by atoms with Crippen LogP contribution in [-0.2, 0) is 11.3 Å². The molecule has 1 saturated heterocycles.